The molecule has 0 spiro atoms. The molecule has 7 aliphatic rings. The molecule has 7 rings (SSSR count). The van der Waals surface area contributed by atoms with Crippen molar-refractivity contribution in [2.24, 2.45) is 71.0 Å². The lowest BCUT2D eigenvalue weighted by molar-refractivity contribution is -0.146. The lowest BCUT2D eigenvalue weighted by Gasteiger charge is -2.57. The van der Waals surface area contributed by atoms with Crippen LogP contribution in [0.4, 0.5) is 0 Å². The molecule has 0 amide bonds. The summed E-state index contributed by atoms with van der Waals surface area (Å²) in [6.45, 7) is 0. The van der Waals surface area contributed by atoms with E-state index in [2.05, 4.69) is 0 Å². The van der Waals surface area contributed by atoms with Gasteiger partial charge in [0.25, 0.3) is 0 Å². The van der Waals surface area contributed by atoms with Gasteiger partial charge in [0.05, 0.1) is 0 Å². The van der Waals surface area contributed by atoms with Gasteiger partial charge in [0, 0.05) is 23.7 Å². The second kappa shape index (κ2) is 6.92. The number of hydrogen-bond donors (Lipinski definition) is 0. The van der Waals surface area contributed by atoms with Crippen LogP contribution in [0.5, 0.6) is 0 Å². The van der Waals surface area contributed by atoms with Crippen molar-refractivity contribution in [1.29, 1.82) is 0 Å². The van der Waals surface area contributed by atoms with Gasteiger partial charge in [0.1, 0.15) is 11.6 Å². The Morgan fingerprint density at radius 3 is 1.50 bits per heavy atom. The van der Waals surface area contributed by atoms with E-state index in [1.54, 1.807) is 0 Å². The van der Waals surface area contributed by atoms with E-state index in [9.17, 15) is 9.59 Å². The molecule has 0 aliphatic heterocycles. The van der Waals surface area contributed by atoms with Gasteiger partial charge in [0.15, 0.2) is 0 Å². The maximum atomic E-state index is 13.8. The third-order valence-electron chi connectivity index (χ3n) is 12.0. The first-order chi connectivity index (χ1) is 14.8. The van der Waals surface area contributed by atoms with Gasteiger partial charge in [-0.05, 0) is 98.7 Å². The van der Waals surface area contributed by atoms with Crippen LogP contribution in [0.1, 0.15) is 89.9 Å². The van der Waals surface area contributed by atoms with Crippen molar-refractivity contribution in [2.75, 3.05) is 0 Å². The van der Waals surface area contributed by atoms with E-state index < -0.39 is 0 Å². The molecule has 0 bridgehead atoms. The minimum atomic E-state index is 0.346. The first-order valence-corrected chi connectivity index (χ1v) is 13.8. The van der Waals surface area contributed by atoms with Crippen molar-refractivity contribution < 1.29 is 9.59 Å². The zero-order valence-electron chi connectivity index (χ0n) is 18.6. The van der Waals surface area contributed by atoms with Gasteiger partial charge >= 0.3 is 0 Å². The van der Waals surface area contributed by atoms with E-state index in [0.717, 1.165) is 11.8 Å². The first kappa shape index (κ1) is 18.9. The fourth-order valence-electron chi connectivity index (χ4n) is 11.4. The van der Waals surface area contributed by atoms with Crippen molar-refractivity contribution in [3.63, 3.8) is 0 Å². The van der Waals surface area contributed by atoms with Crippen LogP contribution in [0, 0.1) is 71.0 Å². The second-order valence-electron chi connectivity index (χ2n) is 12.6. The Morgan fingerprint density at radius 1 is 0.400 bits per heavy atom. The molecule has 0 aromatic rings. The van der Waals surface area contributed by atoms with Crippen molar-refractivity contribution in [3.8, 4) is 0 Å². The smallest absolute Gasteiger partial charge is 0.139 e. The summed E-state index contributed by atoms with van der Waals surface area (Å²) in [6, 6.07) is 0. The highest BCUT2D eigenvalue weighted by Gasteiger charge is 2.66. The van der Waals surface area contributed by atoms with Gasteiger partial charge in [-0.25, -0.2) is 0 Å². The van der Waals surface area contributed by atoms with Gasteiger partial charge < -0.3 is 0 Å². The zero-order chi connectivity index (χ0) is 20.0. The first-order valence-electron chi connectivity index (χ1n) is 13.8. The lowest BCUT2D eigenvalue weighted by atomic mass is 9.46. The summed E-state index contributed by atoms with van der Waals surface area (Å²) in [4.78, 5) is 27.7. The summed E-state index contributed by atoms with van der Waals surface area (Å²) < 4.78 is 0. The minimum absolute atomic E-state index is 0.346. The van der Waals surface area contributed by atoms with Crippen LogP contribution >= 0.6 is 0 Å². The van der Waals surface area contributed by atoms with E-state index in [0.29, 0.717) is 70.7 Å². The molecule has 12 unspecified atom stereocenters. The molecule has 0 radical (unpaired) electrons. The SMILES string of the molecule is O=C1C2CCCCC2C2C3CCCCC3C3C(CCC4C5CCCCC5C(=O)C43)C12. The van der Waals surface area contributed by atoms with Crippen LogP contribution in [0.15, 0.2) is 0 Å². The number of ketones is 2. The van der Waals surface area contributed by atoms with E-state index >= 15 is 0 Å². The molecule has 0 heterocycles. The Labute approximate surface area is 182 Å². The van der Waals surface area contributed by atoms with E-state index in [-0.39, 0.29) is 0 Å². The second-order valence-corrected chi connectivity index (χ2v) is 12.6. The predicted molar refractivity (Wildman–Crippen MR) is 117 cm³/mol. The quantitative estimate of drug-likeness (QED) is 0.487. The van der Waals surface area contributed by atoms with E-state index in [1.165, 1.54) is 89.9 Å². The van der Waals surface area contributed by atoms with Crippen LogP contribution in [0.2, 0.25) is 0 Å². The van der Waals surface area contributed by atoms with Crippen LogP contribution in [0.25, 0.3) is 0 Å². The monoisotopic (exact) mass is 408 g/mol. The molecule has 12 atom stereocenters. The molecule has 0 aromatic carbocycles. The summed E-state index contributed by atoms with van der Waals surface area (Å²) in [5.41, 5.74) is 0. The number of Topliss-reactive ketones (excluding diaryl/α,β-unsaturated/α-hetero) is 2. The molecular weight excluding hydrogens is 368 g/mol. The molecule has 0 aromatic heterocycles. The molecule has 7 aliphatic carbocycles. The minimum Gasteiger partial charge on any atom is -0.299 e. The maximum absolute atomic E-state index is 13.8. The third-order valence-corrected chi connectivity index (χ3v) is 12.0. The van der Waals surface area contributed by atoms with Gasteiger partial charge in [-0.1, -0.05) is 38.5 Å². The van der Waals surface area contributed by atoms with Crippen LogP contribution in [-0.4, -0.2) is 11.6 Å². The predicted octanol–water partition coefficient (Wildman–Crippen LogP) is 6.08. The lowest BCUT2D eigenvalue weighted by Crippen LogP contribution is -2.54. The normalized spacial score (nSPS) is 56.9. The summed E-state index contributed by atoms with van der Waals surface area (Å²) in [6.07, 6.45) is 18.3. The number of rotatable bonds is 0. The van der Waals surface area contributed by atoms with Crippen LogP contribution < -0.4 is 0 Å². The van der Waals surface area contributed by atoms with E-state index in [4.69, 9.17) is 0 Å². The number of fused-ring (bicyclic) bond motifs is 12. The Balaban J connectivity index is 1.30. The molecular formula is C28H40O2. The van der Waals surface area contributed by atoms with Crippen molar-refractivity contribution in [3.05, 3.63) is 0 Å². The zero-order valence-corrected chi connectivity index (χ0v) is 18.6. The average Bonchev–Trinajstić information content (AvgIpc) is 3.27. The molecule has 0 saturated heterocycles. The van der Waals surface area contributed by atoms with Gasteiger partial charge in [0.2, 0.25) is 0 Å². The molecule has 30 heavy (non-hydrogen) atoms. The third kappa shape index (κ3) is 2.38. The molecule has 2 nitrogen and oxygen atoms in total. The summed E-state index contributed by atoms with van der Waals surface area (Å²) in [7, 11) is 0. The topological polar surface area (TPSA) is 34.1 Å². The van der Waals surface area contributed by atoms with Crippen molar-refractivity contribution in [1.82, 2.24) is 0 Å². The van der Waals surface area contributed by atoms with E-state index in [1.807, 2.05) is 0 Å². The Hall–Kier alpha value is -0.660. The Morgan fingerprint density at radius 2 is 0.833 bits per heavy atom. The highest BCUT2D eigenvalue weighted by Crippen LogP contribution is 2.68. The fourth-order valence-corrected chi connectivity index (χ4v) is 11.4. The van der Waals surface area contributed by atoms with Gasteiger partial charge in [-0.3, -0.25) is 9.59 Å². The van der Waals surface area contributed by atoms with Crippen LogP contribution in [0.3, 0.4) is 0 Å². The molecule has 7 saturated carbocycles. The summed E-state index contributed by atoms with van der Waals surface area (Å²) >= 11 is 0. The number of hydrogen-bond acceptors (Lipinski definition) is 2. The summed E-state index contributed by atoms with van der Waals surface area (Å²) in [5, 5.41) is 0. The molecule has 7 fully saturated rings. The molecule has 0 N–H and O–H groups in total. The summed E-state index contributed by atoms with van der Waals surface area (Å²) in [5.74, 6) is 8.35. The standard InChI is InChI=1S/C28H40O2/c29-27-20-11-5-1-7-15(20)19-13-14-22-24(25(19)27)17-9-3-2-8-16(17)23-18-10-4-6-12-21(18)28(30)26(22)23/h15-26H,1-14H2. The largest absolute Gasteiger partial charge is 0.299 e. The Bertz CT molecular complexity index is 735. The highest BCUT2D eigenvalue weighted by atomic mass is 16.1. The number of carbonyl (C=O) groups excluding carboxylic acids is 2. The van der Waals surface area contributed by atoms with Crippen molar-refractivity contribution >= 4 is 11.6 Å². The van der Waals surface area contributed by atoms with Gasteiger partial charge in [-0.2, -0.15) is 0 Å². The van der Waals surface area contributed by atoms with Crippen LogP contribution in [-0.2, 0) is 9.59 Å². The number of carbonyl (C=O) groups is 2. The average molecular weight is 409 g/mol. The molecule has 164 valence electrons. The maximum Gasteiger partial charge on any atom is 0.139 e. The Kier molecular flexibility index (Phi) is 4.35. The molecule has 2 heteroatoms. The van der Waals surface area contributed by atoms with Gasteiger partial charge in [-0.15, -0.1) is 0 Å². The van der Waals surface area contributed by atoms with Crippen molar-refractivity contribution in [2.45, 2.75) is 89.9 Å². The fraction of sp³-hybridized carbons (Fsp3) is 0.929. The highest BCUT2D eigenvalue weighted by molar-refractivity contribution is 5.89.